The zero-order valence-corrected chi connectivity index (χ0v) is 8.42. The number of aromatic hydroxyl groups is 1. The van der Waals surface area contributed by atoms with Crippen molar-refractivity contribution < 1.29 is 9.90 Å². The van der Waals surface area contributed by atoms with Crippen LogP contribution in [0.3, 0.4) is 0 Å². The fraction of sp³-hybridized carbons (Fsp3) is 0. The first kappa shape index (κ1) is 10.2. The molecule has 0 bridgehead atoms. The lowest BCUT2D eigenvalue weighted by Crippen LogP contribution is -2.06. The molecule has 3 N–H and O–H groups in total. The number of phenolic OH excluding ortho intramolecular Hbond substituents is 1. The van der Waals surface area contributed by atoms with Crippen LogP contribution in [0.4, 0.5) is 5.69 Å². The number of rotatable bonds is 2. The SMILES string of the molecule is Nc1c(O)cccc1C(=O)c1ccccn1. The number of para-hydroxylation sites is 1. The molecule has 0 aliphatic heterocycles. The normalized spacial score (nSPS) is 10.0. The first-order chi connectivity index (χ1) is 7.70. The van der Waals surface area contributed by atoms with Gasteiger partial charge in [0.05, 0.1) is 11.3 Å². The molecule has 2 rings (SSSR count). The highest BCUT2D eigenvalue weighted by atomic mass is 16.3. The van der Waals surface area contributed by atoms with Crippen LogP contribution in [0.5, 0.6) is 5.75 Å². The average Bonchev–Trinajstić information content (AvgIpc) is 2.33. The number of phenols is 1. The number of carbonyl (C=O) groups is 1. The highest BCUT2D eigenvalue weighted by molar-refractivity contribution is 6.11. The predicted molar refractivity (Wildman–Crippen MR) is 60.2 cm³/mol. The molecule has 0 aliphatic carbocycles. The third-order valence-electron chi connectivity index (χ3n) is 2.23. The summed E-state index contributed by atoms with van der Waals surface area (Å²) in [5.41, 5.74) is 6.27. The van der Waals surface area contributed by atoms with Crippen molar-refractivity contribution in [2.45, 2.75) is 0 Å². The molecular formula is C12H10N2O2. The second-order valence-electron chi connectivity index (χ2n) is 3.28. The van der Waals surface area contributed by atoms with Crippen molar-refractivity contribution in [1.82, 2.24) is 4.98 Å². The number of hydrogen-bond donors (Lipinski definition) is 2. The van der Waals surface area contributed by atoms with Gasteiger partial charge in [0.1, 0.15) is 11.4 Å². The molecule has 0 fully saturated rings. The third-order valence-corrected chi connectivity index (χ3v) is 2.23. The number of benzene rings is 1. The molecule has 0 amide bonds. The minimum Gasteiger partial charge on any atom is -0.506 e. The van der Waals surface area contributed by atoms with E-state index in [0.717, 1.165) is 0 Å². The maximum atomic E-state index is 12.0. The van der Waals surface area contributed by atoms with Crippen molar-refractivity contribution in [2.24, 2.45) is 0 Å². The molecule has 2 aromatic rings. The number of hydrogen-bond acceptors (Lipinski definition) is 4. The molecule has 1 aromatic carbocycles. The van der Waals surface area contributed by atoms with Crippen molar-refractivity contribution in [3.63, 3.8) is 0 Å². The Morgan fingerprint density at radius 1 is 1.19 bits per heavy atom. The van der Waals surface area contributed by atoms with E-state index in [1.807, 2.05) is 0 Å². The molecule has 0 aliphatic rings. The largest absolute Gasteiger partial charge is 0.506 e. The van der Waals surface area contributed by atoms with Crippen LogP contribution in [0, 0.1) is 0 Å². The van der Waals surface area contributed by atoms with Gasteiger partial charge in [-0.15, -0.1) is 0 Å². The van der Waals surface area contributed by atoms with Crippen molar-refractivity contribution in [2.75, 3.05) is 5.73 Å². The maximum absolute atomic E-state index is 12.0. The minimum absolute atomic E-state index is 0.0816. The molecule has 0 spiro atoms. The van der Waals surface area contributed by atoms with E-state index in [1.165, 1.54) is 12.3 Å². The number of nitrogens with zero attached hydrogens (tertiary/aromatic N) is 1. The van der Waals surface area contributed by atoms with Gasteiger partial charge in [-0.3, -0.25) is 9.78 Å². The van der Waals surface area contributed by atoms with Crippen LogP contribution in [0.1, 0.15) is 16.1 Å². The van der Waals surface area contributed by atoms with Gasteiger partial charge >= 0.3 is 0 Å². The van der Waals surface area contributed by atoms with E-state index in [-0.39, 0.29) is 22.8 Å². The van der Waals surface area contributed by atoms with E-state index in [0.29, 0.717) is 5.69 Å². The van der Waals surface area contributed by atoms with Crippen LogP contribution < -0.4 is 5.73 Å². The first-order valence-corrected chi connectivity index (χ1v) is 4.73. The van der Waals surface area contributed by atoms with Gasteiger partial charge in [-0.05, 0) is 24.3 Å². The molecule has 16 heavy (non-hydrogen) atoms. The standard InChI is InChI=1S/C12H10N2O2/c13-11-8(4-3-6-10(11)15)12(16)9-5-1-2-7-14-9/h1-7,15H,13H2. The maximum Gasteiger partial charge on any atom is 0.213 e. The number of nitrogen functional groups attached to an aromatic ring is 1. The Hall–Kier alpha value is -2.36. The van der Waals surface area contributed by atoms with Crippen molar-refractivity contribution in [1.29, 1.82) is 0 Å². The number of nitrogens with two attached hydrogens (primary N) is 1. The molecule has 0 unspecified atom stereocenters. The summed E-state index contributed by atoms with van der Waals surface area (Å²) < 4.78 is 0. The van der Waals surface area contributed by atoms with E-state index in [2.05, 4.69) is 4.98 Å². The van der Waals surface area contributed by atoms with Gasteiger partial charge in [0.2, 0.25) is 5.78 Å². The van der Waals surface area contributed by atoms with Gasteiger partial charge in [-0.25, -0.2) is 0 Å². The van der Waals surface area contributed by atoms with E-state index >= 15 is 0 Å². The number of ketones is 1. The molecule has 80 valence electrons. The topological polar surface area (TPSA) is 76.2 Å². The highest BCUT2D eigenvalue weighted by Crippen LogP contribution is 2.24. The van der Waals surface area contributed by atoms with Crippen LogP contribution in [-0.2, 0) is 0 Å². The fourth-order valence-electron chi connectivity index (χ4n) is 1.39. The van der Waals surface area contributed by atoms with Gasteiger partial charge in [0, 0.05) is 6.20 Å². The minimum atomic E-state index is -0.297. The molecule has 0 atom stereocenters. The van der Waals surface area contributed by atoms with Crippen molar-refractivity contribution in [3.8, 4) is 5.75 Å². The summed E-state index contributed by atoms with van der Waals surface area (Å²) in [5.74, 6) is -0.393. The molecule has 4 heteroatoms. The Kier molecular flexibility index (Phi) is 2.55. The summed E-state index contributed by atoms with van der Waals surface area (Å²) in [6.45, 7) is 0. The third kappa shape index (κ3) is 1.72. The van der Waals surface area contributed by atoms with Crippen LogP contribution in [-0.4, -0.2) is 15.9 Å². The molecule has 4 nitrogen and oxygen atoms in total. The summed E-state index contributed by atoms with van der Waals surface area (Å²) in [6.07, 6.45) is 1.53. The van der Waals surface area contributed by atoms with E-state index in [4.69, 9.17) is 5.73 Å². The molecule has 0 radical (unpaired) electrons. The van der Waals surface area contributed by atoms with Crippen LogP contribution >= 0.6 is 0 Å². The van der Waals surface area contributed by atoms with Gasteiger partial charge in [0.25, 0.3) is 0 Å². The summed E-state index contributed by atoms with van der Waals surface area (Å²) >= 11 is 0. The van der Waals surface area contributed by atoms with E-state index < -0.39 is 0 Å². The quantitative estimate of drug-likeness (QED) is 0.452. The number of pyridine rings is 1. The zero-order chi connectivity index (χ0) is 11.5. The second-order valence-corrected chi connectivity index (χ2v) is 3.28. The van der Waals surface area contributed by atoms with E-state index in [9.17, 15) is 9.90 Å². The summed E-state index contributed by atoms with van der Waals surface area (Å²) in [4.78, 5) is 15.9. The average molecular weight is 214 g/mol. The van der Waals surface area contributed by atoms with Crippen LogP contribution in [0.15, 0.2) is 42.6 Å². The smallest absolute Gasteiger partial charge is 0.213 e. The summed E-state index contributed by atoms with van der Waals surface area (Å²) in [7, 11) is 0. The first-order valence-electron chi connectivity index (χ1n) is 4.73. The van der Waals surface area contributed by atoms with Crippen molar-refractivity contribution in [3.05, 3.63) is 53.9 Å². The number of carbonyl (C=O) groups excluding carboxylic acids is 1. The predicted octanol–water partition coefficient (Wildman–Crippen LogP) is 1.60. The lowest BCUT2D eigenvalue weighted by molar-refractivity contribution is 0.103. The Bertz CT molecular complexity index is 524. The molecular weight excluding hydrogens is 204 g/mol. The number of aromatic nitrogens is 1. The Labute approximate surface area is 92.4 Å². The summed E-state index contributed by atoms with van der Waals surface area (Å²) in [5, 5.41) is 9.40. The second kappa shape index (κ2) is 4.02. The van der Waals surface area contributed by atoms with Crippen molar-refractivity contribution >= 4 is 11.5 Å². The Morgan fingerprint density at radius 3 is 2.69 bits per heavy atom. The van der Waals surface area contributed by atoms with Crippen LogP contribution in [0.2, 0.25) is 0 Å². The molecule has 0 saturated carbocycles. The molecule has 1 heterocycles. The van der Waals surface area contributed by atoms with Gasteiger partial charge in [0.15, 0.2) is 0 Å². The van der Waals surface area contributed by atoms with Gasteiger partial charge in [-0.2, -0.15) is 0 Å². The monoisotopic (exact) mass is 214 g/mol. The Balaban J connectivity index is 2.46. The fourth-order valence-corrected chi connectivity index (χ4v) is 1.39. The zero-order valence-electron chi connectivity index (χ0n) is 8.42. The van der Waals surface area contributed by atoms with Gasteiger partial charge in [-0.1, -0.05) is 12.1 Å². The highest BCUT2D eigenvalue weighted by Gasteiger charge is 2.14. The summed E-state index contributed by atoms with van der Waals surface area (Å²) in [6, 6.07) is 9.62. The van der Waals surface area contributed by atoms with Gasteiger partial charge < -0.3 is 10.8 Å². The lowest BCUT2D eigenvalue weighted by Gasteiger charge is -2.05. The number of anilines is 1. The van der Waals surface area contributed by atoms with Crippen LogP contribution in [0.25, 0.3) is 0 Å². The molecule has 1 aromatic heterocycles. The molecule has 0 saturated heterocycles. The lowest BCUT2D eigenvalue weighted by atomic mass is 10.1. The Morgan fingerprint density at radius 2 is 2.00 bits per heavy atom. The van der Waals surface area contributed by atoms with E-state index in [1.54, 1.807) is 30.3 Å².